The number of carboxylic acids is 1. The second-order valence-electron chi connectivity index (χ2n) is 3.76. The van der Waals surface area contributed by atoms with Gasteiger partial charge in [-0.25, -0.2) is 4.79 Å². The van der Waals surface area contributed by atoms with Crippen molar-refractivity contribution >= 4 is 28.8 Å². The zero-order chi connectivity index (χ0) is 14.5. The standard InChI is InChI=1S/C13H10N2O5/c16-11(5-6-12(17)18)14-15-13(19)10-7-8-3-1-2-4-9(8)20-10/h1-7H,(H,14,16)(H,15,19)(H,17,18). The van der Waals surface area contributed by atoms with E-state index < -0.39 is 17.8 Å². The highest BCUT2D eigenvalue weighted by Gasteiger charge is 2.12. The Morgan fingerprint density at radius 1 is 1.10 bits per heavy atom. The number of furan rings is 1. The lowest BCUT2D eigenvalue weighted by Gasteiger charge is -2.01. The van der Waals surface area contributed by atoms with E-state index in [2.05, 4.69) is 5.43 Å². The molecular weight excluding hydrogens is 264 g/mol. The van der Waals surface area contributed by atoms with Gasteiger partial charge in [0, 0.05) is 17.5 Å². The van der Waals surface area contributed by atoms with Crippen molar-refractivity contribution in [3.8, 4) is 0 Å². The molecule has 2 amide bonds. The summed E-state index contributed by atoms with van der Waals surface area (Å²) >= 11 is 0. The van der Waals surface area contributed by atoms with Crippen molar-refractivity contribution < 1.29 is 23.9 Å². The molecule has 0 saturated heterocycles. The van der Waals surface area contributed by atoms with Gasteiger partial charge in [-0.1, -0.05) is 18.2 Å². The lowest BCUT2D eigenvalue weighted by molar-refractivity contribution is -0.131. The van der Waals surface area contributed by atoms with Gasteiger partial charge >= 0.3 is 11.9 Å². The number of amides is 2. The van der Waals surface area contributed by atoms with Crippen LogP contribution in [0.4, 0.5) is 0 Å². The van der Waals surface area contributed by atoms with Gasteiger partial charge in [-0.3, -0.25) is 20.4 Å². The van der Waals surface area contributed by atoms with E-state index in [-0.39, 0.29) is 5.76 Å². The Hall–Kier alpha value is -3.09. The van der Waals surface area contributed by atoms with Gasteiger partial charge in [0.15, 0.2) is 5.76 Å². The molecule has 3 N–H and O–H groups in total. The number of para-hydroxylation sites is 1. The number of hydrogen-bond acceptors (Lipinski definition) is 4. The molecular formula is C13H10N2O5. The van der Waals surface area contributed by atoms with Crippen LogP contribution in [0.3, 0.4) is 0 Å². The predicted octanol–water partition coefficient (Wildman–Crippen LogP) is 0.835. The number of hydrogen-bond donors (Lipinski definition) is 3. The summed E-state index contributed by atoms with van der Waals surface area (Å²) in [6.07, 6.45) is 1.43. The van der Waals surface area contributed by atoms with E-state index in [0.29, 0.717) is 11.7 Å². The Morgan fingerprint density at radius 2 is 1.85 bits per heavy atom. The molecule has 0 saturated carbocycles. The summed E-state index contributed by atoms with van der Waals surface area (Å²) < 4.78 is 5.28. The topological polar surface area (TPSA) is 109 Å². The van der Waals surface area contributed by atoms with E-state index in [9.17, 15) is 14.4 Å². The molecule has 0 fully saturated rings. The molecule has 7 nitrogen and oxygen atoms in total. The number of carbonyl (C=O) groups excluding carboxylic acids is 2. The molecule has 0 aliphatic heterocycles. The Kier molecular flexibility index (Phi) is 3.80. The van der Waals surface area contributed by atoms with Gasteiger partial charge in [0.2, 0.25) is 0 Å². The largest absolute Gasteiger partial charge is 0.478 e. The van der Waals surface area contributed by atoms with Crippen LogP contribution in [0.2, 0.25) is 0 Å². The van der Waals surface area contributed by atoms with Crippen molar-refractivity contribution in [1.29, 1.82) is 0 Å². The summed E-state index contributed by atoms with van der Waals surface area (Å²) in [6, 6.07) is 8.60. The van der Waals surface area contributed by atoms with E-state index in [4.69, 9.17) is 9.52 Å². The molecule has 1 heterocycles. The predicted molar refractivity (Wildman–Crippen MR) is 68.6 cm³/mol. The van der Waals surface area contributed by atoms with Gasteiger partial charge in [-0.2, -0.15) is 0 Å². The number of carboxylic acid groups (broad SMARTS) is 1. The Labute approximate surface area is 112 Å². The molecule has 0 spiro atoms. The van der Waals surface area contributed by atoms with E-state index in [1.54, 1.807) is 24.3 Å². The highest BCUT2D eigenvalue weighted by Crippen LogP contribution is 2.18. The fraction of sp³-hybridized carbons (Fsp3) is 0. The number of benzene rings is 1. The third kappa shape index (κ3) is 3.22. The molecule has 1 aromatic heterocycles. The zero-order valence-corrected chi connectivity index (χ0v) is 10.1. The van der Waals surface area contributed by atoms with Crippen molar-refractivity contribution in [2.24, 2.45) is 0 Å². The molecule has 2 rings (SSSR count). The molecule has 0 unspecified atom stereocenters. The maximum absolute atomic E-state index is 11.7. The van der Waals surface area contributed by atoms with E-state index >= 15 is 0 Å². The number of fused-ring (bicyclic) bond motifs is 1. The summed E-state index contributed by atoms with van der Waals surface area (Å²) in [7, 11) is 0. The van der Waals surface area contributed by atoms with Crippen LogP contribution in [0.15, 0.2) is 46.9 Å². The average molecular weight is 274 g/mol. The molecule has 20 heavy (non-hydrogen) atoms. The van der Waals surface area contributed by atoms with Crippen LogP contribution in [0.1, 0.15) is 10.6 Å². The molecule has 0 atom stereocenters. The van der Waals surface area contributed by atoms with Gasteiger partial charge in [0.05, 0.1) is 0 Å². The van der Waals surface area contributed by atoms with Crippen LogP contribution >= 0.6 is 0 Å². The molecule has 0 bridgehead atoms. The molecule has 0 aliphatic carbocycles. The maximum Gasteiger partial charge on any atom is 0.328 e. The lowest BCUT2D eigenvalue weighted by atomic mass is 10.2. The van der Waals surface area contributed by atoms with Gasteiger partial charge in [0.25, 0.3) is 5.91 Å². The summed E-state index contributed by atoms with van der Waals surface area (Å²) in [4.78, 5) is 33.0. The highest BCUT2D eigenvalue weighted by molar-refractivity contribution is 5.99. The quantitative estimate of drug-likeness (QED) is 0.567. The van der Waals surface area contributed by atoms with E-state index in [1.165, 1.54) is 6.07 Å². The van der Waals surface area contributed by atoms with Gasteiger partial charge in [-0.15, -0.1) is 0 Å². The number of nitrogens with one attached hydrogen (secondary N) is 2. The van der Waals surface area contributed by atoms with Gasteiger partial charge in [0.1, 0.15) is 5.58 Å². The second-order valence-corrected chi connectivity index (χ2v) is 3.76. The third-order valence-electron chi connectivity index (χ3n) is 2.33. The lowest BCUT2D eigenvalue weighted by Crippen LogP contribution is -2.40. The van der Waals surface area contributed by atoms with Crippen molar-refractivity contribution in [2.45, 2.75) is 0 Å². The first-order chi connectivity index (χ1) is 9.56. The Morgan fingerprint density at radius 3 is 2.55 bits per heavy atom. The minimum atomic E-state index is -1.26. The molecule has 0 aliphatic rings. The molecule has 1 aromatic carbocycles. The average Bonchev–Trinajstić information content (AvgIpc) is 2.86. The molecule has 102 valence electrons. The van der Waals surface area contributed by atoms with Crippen molar-refractivity contribution in [1.82, 2.24) is 10.9 Å². The fourth-order valence-electron chi connectivity index (χ4n) is 1.46. The third-order valence-corrected chi connectivity index (χ3v) is 2.33. The molecule has 0 radical (unpaired) electrons. The first-order valence-electron chi connectivity index (χ1n) is 5.56. The number of aliphatic carboxylic acids is 1. The second kappa shape index (κ2) is 5.70. The SMILES string of the molecule is O=C(O)C=CC(=O)NNC(=O)c1cc2ccccc2o1. The Balaban J connectivity index is 1.98. The molecule has 7 heteroatoms. The summed E-state index contributed by atoms with van der Waals surface area (Å²) in [6.45, 7) is 0. The van der Waals surface area contributed by atoms with Crippen molar-refractivity contribution in [3.63, 3.8) is 0 Å². The van der Waals surface area contributed by atoms with Crippen LogP contribution in [0, 0.1) is 0 Å². The first kappa shape index (κ1) is 13.3. The normalized spacial score (nSPS) is 10.6. The van der Waals surface area contributed by atoms with Crippen molar-refractivity contribution in [3.05, 3.63) is 48.2 Å². The fourth-order valence-corrected chi connectivity index (χ4v) is 1.46. The maximum atomic E-state index is 11.7. The monoisotopic (exact) mass is 274 g/mol. The minimum absolute atomic E-state index is 0.0358. The van der Waals surface area contributed by atoms with E-state index in [1.807, 2.05) is 5.43 Å². The summed E-state index contributed by atoms with van der Waals surface area (Å²) in [5, 5.41) is 9.09. The summed E-state index contributed by atoms with van der Waals surface area (Å²) in [5.41, 5.74) is 4.69. The van der Waals surface area contributed by atoms with Crippen LogP contribution in [-0.4, -0.2) is 22.9 Å². The summed E-state index contributed by atoms with van der Waals surface area (Å²) in [5.74, 6) is -2.63. The number of hydrazine groups is 1. The van der Waals surface area contributed by atoms with Crippen LogP contribution in [0.25, 0.3) is 11.0 Å². The van der Waals surface area contributed by atoms with Crippen LogP contribution in [0.5, 0.6) is 0 Å². The van der Waals surface area contributed by atoms with Crippen LogP contribution in [-0.2, 0) is 9.59 Å². The molecule has 2 aromatic rings. The van der Waals surface area contributed by atoms with Crippen molar-refractivity contribution in [2.75, 3.05) is 0 Å². The minimum Gasteiger partial charge on any atom is -0.478 e. The Bertz CT molecular complexity index is 669. The number of carbonyl (C=O) groups is 3. The van der Waals surface area contributed by atoms with Gasteiger partial charge < -0.3 is 9.52 Å². The van der Waals surface area contributed by atoms with Crippen LogP contribution < -0.4 is 10.9 Å². The highest BCUT2D eigenvalue weighted by atomic mass is 16.4. The van der Waals surface area contributed by atoms with Gasteiger partial charge in [-0.05, 0) is 12.1 Å². The smallest absolute Gasteiger partial charge is 0.328 e. The number of rotatable bonds is 3. The first-order valence-corrected chi connectivity index (χ1v) is 5.56. The van der Waals surface area contributed by atoms with E-state index in [0.717, 1.165) is 11.5 Å². The zero-order valence-electron chi connectivity index (χ0n) is 10.1.